The predicted molar refractivity (Wildman–Crippen MR) is 58.0 cm³/mol. The lowest BCUT2D eigenvalue weighted by atomic mass is 10.0. The first kappa shape index (κ1) is 8.82. The highest BCUT2D eigenvalue weighted by Gasteiger charge is 2.04. The van der Waals surface area contributed by atoms with Gasteiger partial charge in [-0.25, -0.2) is 0 Å². The predicted octanol–water partition coefficient (Wildman–Crippen LogP) is 3.65. The summed E-state index contributed by atoms with van der Waals surface area (Å²) in [6.07, 6.45) is 1.66. The van der Waals surface area contributed by atoms with Crippen molar-refractivity contribution >= 4 is 5.57 Å². The molecule has 0 saturated carbocycles. The third-order valence-electron chi connectivity index (χ3n) is 2.19. The number of benzene rings is 1. The molecule has 14 heavy (non-hydrogen) atoms. The third kappa shape index (κ3) is 1.62. The van der Waals surface area contributed by atoms with E-state index in [2.05, 4.69) is 25.6 Å². The second-order valence-corrected chi connectivity index (χ2v) is 3.33. The van der Waals surface area contributed by atoms with Crippen LogP contribution in [0.25, 0.3) is 5.57 Å². The van der Waals surface area contributed by atoms with Crippen molar-refractivity contribution in [1.29, 1.82) is 0 Å². The van der Waals surface area contributed by atoms with E-state index in [1.54, 1.807) is 6.26 Å². The third-order valence-corrected chi connectivity index (χ3v) is 2.19. The van der Waals surface area contributed by atoms with Gasteiger partial charge >= 0.3 is 0 Å². The van der Waals surface area contributed by atoms with E-state index >= 15 is 0 Å². The Labute approximate surface area is 83.7 Å². The lowest BCUT2D eigenvalue weighted by molar-refractivity contribution is 0.554. The summed E-state index contributed by atoms with van der Waals surface area (Å²) in [6.45, 7) is 6.08. The van der Waals surface area contributed by atoms with Crippen molar-refractivity contribution in [1.82, 2.24) is 0 Å². The highest BCUT2D eigenvalue weighted by atomic mass is 16.3. The van der Waals surface area contributed by atoms with Gasteiger partial charge in [-0.15, -0.1) is 0 Å². The van der Waals surface area contributed by atoms with Gasteiger partial charge in [-0.2, -0.15) is 0 Å². The molecule has 1 aromatic heterocycles. The number of hydrogen-bond donors (Lipinski definition) is 0. The van der Waals surface area contributed by atoms with Crippen LogP contribution in [0.3, 0.4) is 0 Å². The van der Waals surface area contributed by atoms with Crippen LogP contribution in [0.15, 0.2) is 53.7 Å². The van der Waals surface area contributed by atoms with E-state index in [1.807, 2.05) is 24.3 Å². The lowest BCUT2D eigenvalue weighted by Gasteiger charge is -2.03. The fourth-order valence-corrected chi connectivity index (χ4v) is 1.43. The van der Waals surface area contributed by atoms with E-state index < -0.39 is 0 Å². The largest absolute Gasteiger partial charge is 0.464 e. The molecule has 0 atom stereocenters. The molecule has 70 valence electrons. The molecule has 0 aliphatic carbocycles. The molecule has 0 aliphatic rings. The van der Waals surface area contributed by atoms with Crippen LogP contribution in [0.2, 0.25) is 0 Å². The van der Waals surface area contributed by atoms with E-state index in [9.17, 15) is 0 Å². The van der Waals surface area contributed by atoms with E-state index in [1.165, 1.54) is 5.56 Å². The van der Waals surface area contributed by atoms with Crippen LogP contribution in [-0.2, 0) is 0 Å². The molecule has 2 aromatic rings. The number of aryl methyl sites for hydroxylation is 1. The van der Waals surface area contributed by atoms with Crippen LogP contribution in [0, 0.1) is 6.92 Å². The maximum Gasteiger partial charge on any atom is 0.133 e. The summed E-state index contributed by atoms with van der Waals surface area (Å²) in [5, 5.41) is 0. The summed E-state index contributed by atoms with van der Waals surface area (Å²) in [7, 11) is 0. The summed E-state index contributed by atoms with van der Waals surface area (Å²) < 4.78 is 5.29. The smallest absolute Gasteiger partial charge is 0.133 e. The van der Waals surface area contributed by atoms with Crippen LogP contribution >= 0.6 is 0 Å². The van der Waals surface area contributed by atoms with E-state index in [0.717, 1.165) is 16.9 Å². The van der Waals surface area contributed by atoms with Gasteiger partial charge in [0.2, 0.25) is 0 Å². The number of hydrogen-bond acceptors (Lipinski definition) is 1. The normalized spacial score (nSPS) is 10.1. The van der Waals surface area contributed by atoms with Crippen LogP contribution in [0.1, 0.15) is 16.9 Å². The second kappa shape index (κ2) is 3.54. The Morgan fingerprint density at radius 2 is 2.07 bits per heavy atom. The highest BCUT2D eigenvalue weighted by Crippen LogP contribution is 2.22. The summed E-state index contributed by atoms with van der Waals surface area (Å²) in [4.78, 5) is 0. The zero-order valence-electron chi connectivity index (χ0n) is 8.16. The van der Waals surface area contributed by atoms with Crippen LogP contribution < -0.4 is 0 Å². The van der Waals surface area contributed by atoms with Gasteiger partial charge in [0, 0.05) is 5.57 Å². The molecule has 0 spiro atoms. The summed E-state index contributed by atoms with van der Waals surface area (Å²) in [6, 6.07) is 12.0. The molecule has 0 saturated heterocycles. The average Bonchev–Trinajstić information content (AvgIpc) is 2.69. The second-order valence-electron chi connectivity index (χ2n) is 3.33. The molecular formula is C13H12O. The molecule has 0 unspecified atom stereocenters. The zero-order valence-corrected chi connectivity index (χ0v) is 8.16. The van der Waals surface area contributed by atoms with Gasteiger partial charge in [0.1, 0.15) is 5.76 Å². The number of furan rings is 1. The molecule has 0 radical (unpaired) electrons. The molecule has 1 heteroatoms. The number of rotatable bonds is 2. The molecule has 0 fully saturated rings. The molecular weight excluding hydrogens is 172 g/mol. The molecule has 1 nitrogen and oxygen atoms in total. The summed E-state index contributed by atoms with van der Waals surface area (Å²) >= 11 is 0. The Bertz CT molecular complexity index is 438. The van der Waals surface area contributed by atoms with E-state index in [4.69, 9.17) is 4.42 Å². The Balaban J connectivity index is 2.37. The first-order valence-corrected chi connectivity index (χ1v) is 4.57. The van der Waals surface area contributed by atoms with Gasteiger partial charge < -0.3 is 4.42 Å². The maximum atomic E-state index is 5.29. The van der Waals surface area contributed by atoms with Crippen LogP contribution in [0.5, 0.6) is 0 Å². The monoisotopic (exact) mass is 184 g/mol. The van der Waals surface area contributed by atoms with Crippen molar-refractivity contribution in [2.75, 3.05) is 0 Å². The Kier molecular flexibility index (Phi) is 2.23. The Morgan fingerprint density at radius 1 is 1.21 bits per heavy atom. The van der Waals surface area contributed by atoms with Gasteiger partial charge in [0.25, 0.3) is 0 Å². The van der Waals surface area contributed by atoms with Crippen LogP contribution in [-0.4, -0.2) is 0 Å². The molecule has 0 N–H and O–H groups in total. The minimum absolute atomic E-state index is 0.829. The molecule has 0 aliphatic heterocycles. The van der Waals surface area contributed by atoms with Crippen molar-refractivity contribution < 1.29 is 4.42 Å². The Morgan fingerprint density at radius 3 is 2.71 bits per heavy atom. The Hall–Kier alpha value is -1.76. The van der Waals surface area contributed by atoms with Gasteiger partial charge in [-0.3, -0.25) is 0 Å². The average molecular weight is 184 g/mol. The first-order chi connectivity index (χ1) is 6.77. The first-order valence-electron chi connectivity index (χ1n) is 4.57. The van der Waals surface area contributed by atoms with Crippen molar-refractivity contribution in [3.63, 3.8) is 0 Å². The maximum absolute atomic E-state index is 5.29. The van der Waals surface area contributed by atoms with Gasteiger partial charge in [-0.1, -0.05) is 36.4 Å². The SMILES string of the molecule is C=C(c1cccc(C)c1)c1ccco1. The zero-order chi connectivity index (χ0) is 9.97. The topological polar surface area (TPSA) is 13.1 Å². The van der Waals surface area contributed by atoms with E-state index in [-0.39, 0.29) is 0 Å². The minimum atomic E-state index is 0.829. The lowest BCUT2D eigenvalue weighted by Crippen LogP contribution is -1.84. The van der Waals surface area contributed by atoms with Gasteiger partial charge in [-0.05, 0) is 24.6 Å². The molecule has 0 bridgehead atoms. The molecule has 0 amide bonds. The molecule has 1 aromatic carbocycles. The van der Waals surface area contributed by atoms with Crippen molar-refractivity contribution in [3.8, 4) is 0 Å². The fraction of sp³-hybridized carbons (Fsp3) is 0.0769. The van der Waals surface area contributed by atoms with Gasteiger partial charge in [0.05, 0.1) is 6.26 Å². The van der Waals surface area contributed by atoms with Crippen molar-refractivity contribution in [3.05, 3.63) is 66.1 Å². The molecule has 1 heterocycles. The van der Waals surface area contributed by atoms with Crippen LogP contribution in [0.4, 0.5) is 0 Å². The molecule has 2 rings (SSSR count). The summed E-state index contributed by atoms with van der Waals surface area (Å²) in [5.74, 6) is 0.829. The minimum Gasteiger partial charge on any atom is -0.464 e. The highest BCUT2D eigenvalue weighted by molar-refractivity contribution is 5.75. The van der Waals surface area contributed by atoms with Crippen molar-refractivity contribution in [2.24, 2.45) is 0 Å². The standard InChI is InChI=1S/C13H12O/c1-10-5-3-6-12(9-10)11(2)13-7-4-8-14-13/h3-9H,2H2,1H3. The van der Waals surface area contributed by atoms with Gasteiger partial charge in [0.15, 0.2) is 0 Å². The van der Waals surface area contributed by atoms with E-state index in [0.29, 0.717) is 0 Å². The van der Waals surface area contributed by atoms with Crippen molar-refractivity contribution in [2.45, 2.75) is 6.92 Å². The summed E-state index contributed by atoms with van der Waals surface area (Å²) in [5.41, 5.74) is 3.27. The quantitative estimate of drug-likeness (QED) is 0.694. The fourth-order valence-electron chi connectivity index (χ4n) is 1.43.